The van der Waals surface area contributed by atoms with Crippen LogP contribution >= 0.6 is 22.6 Å². The van der Waals surface area contributed by atoms with Gasteiger partial charge >= 0.3 is 0 Å². The van der Waals surface area contributed by atoms with Crippen LogP contribution in [0.5, 0.6) is 5.75 Å². The predicted molar refractivity (Wildman–Crippen MR) is 98.3 cm³/mol. The number of pyridine rings is 1. The number of ether oxygens (including phenoxy) is 1. The summed E-state index contributed by atoms with van der Waals surface area (Å²) in [7, 11) is -2.32. The molecule has 0 atom stereocenters. The fourth-order valence-electron chi connectivity index (χ4n) is 2.20. The van der Waals surface area contributed by atoms with Crippen LogP contribution in [0.2, 0.25) is 0 Å². The van der Waals surface area contributed by atoms with Gasteiger partial charge in [0, 0.05) is 8.96 Å². The first-order valence-corrected chi connectivity index (χ1v) is 9.27. The van der Waals surface area contributed by atoms with E-state index in [0.717, 1.165) is 14.5 Å². The first-order valence-electron chi connectivity index (χ1n) is 6.71. The van der Waals surface area contributed by atoms with Crippen molar-refractivity contribution in [2.75, 3.05) is 11.8 Å². The molecule has 118 valence electrons. The van der Waals surface area contributed by atoms with Crippen LogP contribution in [0.15, 0.2) is 59.6 Å². The summed E-state index contributed by atoms with van der Waals surface area (Å²) in [5.41, 5.74) is 1.21. The molecule has 0 fully saturated rings. The molecule has 0 unspecified atom stereocenters. The third-order valence-electron chi connectivity index (χ3n) is 3.26. The Labute approximate surface area is 147 Å². The molecule has 0 bridgehead atoms. The molecule has 0 spiro atoms. The Morgan fingerprint density at radius 3 is 2.70 bits per heavy atom. The van der Waals surface area contributed by atoms with Crippen molar-refractivity contribution in [3.8, 4) is 5.75 Å². The average Bonchev–Trinajstić information content (AvgIpc) is 2.54. The summed E-state index contributed by atoms with van der Waals surface area (Å²) in [5.74, 6) is 0.298. The topological polar surface area (TPSA) is 68.3 Å². The van der Waals surface area contributed by atoms with E-state index in [1.165, 1.54) is 13.3 Å². The van der Waals surface area contributed by atoms with Crippen LogP contribution in [0.1, 0.15) is 0 Å². The van der Waals surface area contributed by atoms with Crippen LogP contribution in [0.4, 0.5) is 5.69 Å². The number of aromatic nitrogens is 1. The van der Waals surface area contributed by atoms with Crippen LogP contribution in [0.3, 0.4) is 0 Å². The molecular weight excluding hydrogens is 427 g/mol. The van der Waals surface area contributed by atoms with E-state index in [-0.39, 0.29) is 4.90 Å². The van der Waals surface area contributed by atoms with Crippen molar-refractivity contribution in [3.63, 3.8) is 0 Å². The number of nitrogens with zero attached hydrogens (tertiary/aromatic N) is 1. The highest BCUT2D eigenvalue weighted by Gasteiger charge is 2.20. The fourth-order valence-corrected chi connectivity index (χ4v) is 4.13. The van der Waals surface area contributed by atoms with Gasteiger partial charge in [-0.25, -0.2) is 8.42 Å². The Bertz CT molecular complexity index is 974. The molecule has 0 amide bonds. The third kappa shape index (κ3) is 3.40. The number of benzene rings is 2. The number of para-hydroxylation sites is 1. The van der Waals surface area contributed by atoms with Gasteiger partial charge in [0.05, 0.1) is 24.5 Å². The molecule has 7 heteroatoms. The molecule has 0 radical (unpaired) electrons. The summed E-state index contributed by atoms with van der Waals surface area (Å²) in [6.45, 7) is 0. The highest BCUT2D eigenvalue weighted by atomic mass is 127. The van der Waals surface area contributed by atoms with E-state index in [0.29, 0.717) is 11.4 Å². The minimum Gasteiger partial charge on any atom is -0.495 e. The zero-order valence-electron chi connectivity index (χ0n) is 12.2. The van der Waals surface area contributed by atoms with E-state index in [1.807, 2.05) is 24.3 Å². The number of rotatable bonds is 4. The Hall–Kier alpha value is -1.87. The van der Waals surface area contributed by atoms with E-state index in [2.05, 4.69) is 32.3 Å². The molecule has 0 aliphatic carbocycles. The molecule has 0 saturated heterocycles. The number of hydrogen-bond acceptors (Lipinski definition) is 4. The van der Waals surface area contributed by atoms with Gasteiger partial charge in [0.15, 0.2) is 0 Å². The largest absolute Gasteiger partial charge is 0.495 e. The molecule has 0 aliphatic heterocycles. The molecule has 2 aromatic carbocycles. The molecule has 1 heterocycles. The van der Waals surface area contributed by atoms with Crippen molar-refractivity contribution in [1.29, 1.82) is 0 Å². The molecule has 3 rings (SSSR count). The van der Waals surface area contributed by atoms with Gasteiger partial charge in [0.1, 0.15) is 10.6 Å². The lowest BCUT2D eigenvalue weighted by Crippen LogP contribution is -2.14. The van der Waals surface area contributed by atoms with Crippen molar-refractivity contribution in [2.24, 2.45) is 0 Å². The van der Waals surface area contributed by atoms with Crippen LogP contribution in [0, 0.1) is 3.57 Å². The number of nitrogens with one attached hydrogen (secondary N) is 1. The smallest absolute Gasteiger partial charge is 0.265 e. The van der Waals surface area contributed by atoms with E-state index in [4.69, 9.17) is 4.74 Å². The minimum atomic E-state index is -3.77. The first kappa shape index (κ1) is 16.0. The maximum absolute atomic E-state index is 12.6. The van der Waals surface area contributed by atoms with Crippen LogP contribution < -0.4 is 9.46 Å². The lowest BCUT2D eigenvalue weighted by molar-refractivity contribution is 0.402. The lowest BCUT2D eigenvalue weighted by Gasteiger charge is -2.12. The second-order valence-corrected chi connectivity index (χ2v) is 7.71. The van der Waals surface area contributed by atoms with E-state index in [9.17, 15) is 8.42 Å². The molecular formula is C16H13IN2O3S. The van der Waals surface area contributed by atoms with Crippen molar-refractivity contribution >= 4 is 49.2 Å². The molecule has 23 heavy (non-hydrogen) atoms. The van der Waals surface area contributed by atoms with E-state index < -0.39 is 10.0 Å². The molecule has 1 N–H and O–H groups in total. The monoisotopic (exact) mass is 440 g/mol. The zero-order valence-corrected chi connectivity index (χ0v) is 15.1. The molecule has 3 aromatic rings. The molecule has 1 aromatic heterocycles. The average molecular weight is 440 g/mol. The van der Waals surface area contributed by atoms with Gasteiger partial charge in [0.25, 0.3) is 10.0 Å². The summed E-state index contributed by atoms with van der Waals surface area (Å²) in [5, 5.41) is 0.863. The first-order chi connectivity index (χ1) is 11.0. The normalized spacial score (nSPS) is 11.4. The molecule has 0 saturated carbocycles. The third-order valence-corrected chi connectivity index (χ3v) is 5.33. The SMILES string of the molecule is COc1ccc(I)cc1S(=O)(=O)Nc1cnc2ccccc2c1. The Kier molecular flexibility index (Phi) is 4.40. The van der Waals surface area contributed by atoms with E-state index >= 15 is 0 Å². The standard InChI is InChI=1S/C16H13IN2O3S/c1-22-15-7-6-12(17)9-16(15)23(20,21)19-13-8-11-4-2-3-5-14(11)18-10-13/h2-10,19H,1H3. The summed E-state index contributed by atoms with van der Waals surface area (Å²) in [4.78, 5) is 4.36. The fraction of sp³-hybridized carbons (Fsp3) is 0.0625. The van der Waals surface area contributed by atoms with Crippen LogP contribution in [-0.4, -0.2) is 20.5 Å². The Balaban J connectivity index is 2.01. The van der Waals surface area contributed by atoms with Gasteiger partial charge < -0.3 is 4.74 Å². The van der Waals surface area contributed by atoms with Gasteiger partial charge in [0.2, 0.25) is 0 Å². The highest BCUT2D eigenvalue weighted by molar-refractivity contribution is 14.1. The van der Waals surface area contributed by atoms with Gasteiger partial charge in [-0.1, -0.05) is 18.2 Å². The maximum atomic E-state index is 12.6. The summed E-state index contributed by atoms with van der Waals surface area (Å²) in [6.07, 6.45) is 1.50. The zero-order chi connectivity index (χ0) is 16.4. The lowest BCUT2D eigenvalue weighted by atomic mass is 10.2. The van der Waals surface area contributed by atoms with Gasteiger partial charge in [-0.3, -0.25) is 9.71 Å². The number of methoxy groups -OCH3 is 1. The second kappa shape index (κ2) is 6.32. The Morgan fingerprint density at radius 1 is 1.13 bits per heavy atom. The molecule has 0 aliphatic rings. The van der Waals surface area contributed by atoms with Crippen molar-refractivity contribution in [3.05, 3.63) is 58.3 Å². The molecule has 5 nitrogen and oxygen atoms in total. The maximum Gasteiger partial charge on any atom is 0.265 e. The van der Waals surface area contributed by atoms with E-state index in [1.54, 1.807) is 24.3 Å². The number of anilines is 1. The Morgan fingerprint density at radius 2 is 1.91 bits per heavy atom. The predicted octanol–water partition coefficient (Wildman–Crippen LogP) is 3.65. The van der Waals surface area contributed by atoms with Crippen molar-refractivity contribution < 1.29 is 13.2 Å². The second-order valence-electron chi connectivity index (χ2n) is 4.82. The number of sulfonamides is 1. The summed E-state index contributed by atoms with van der Waals surface area (Å²) >= 11 is 2.06. The van der Waals surface area contributed by atoms with Crippen molar-refractivity contribution in [1.82, 2.24) is 4.98 Å². The van der Waals surface area contributed by atoms with Crippen LogP contribution in [0.25, 0.3) is 10.9 Å². The van der Waals surface area contributed by atoms with Gasteiger partial charge in [-0.15, -0.1) is 0 Å². The number of fused-ring (bicyclic) bond motifs is 1. The highest BCUT2D eigenvalue weighted by Crippen LogP contribution is 2.28. The number of hydrogen-bond donors (Lipinski definition) is 1. The van der Waals surface area contributed by atoms with Gasteiger partial charge in [-0.05, 0) is 52.9 Å². The number of halogens is 1. The summed E-state index contributed by atoms with van der Waals surface area (Å²) < 4.78 is 33.8. The van der Waals surface area contributed by atoms with Crippen molar-refractivity contribution in [2.45, 2.75) is 4.90 Å². The minimum absolute atomic E-state index is 0.0973. The van der Waals surface area contributed by atoms with Gasteiger partial charge in [-0.2, -0.15) is 0 Å². The summed E-state index contributed by atoms with van der Waals surface area (Å²) in [6, 6.07) is 14.3. The quantitative estimate of drug-likeness (QED) is 0.630. The van der Waals surface area contributed by atoms with Crippen LogP contribution in [-0.2, 0) is 10.0 Å².